The molecule has 1 fully saturated rings. The summed E-state index contributed by atoms with van der Waals surface area (Å²) in [5, 5.41) is 3.54. The average molecular weight is 343 g/mol. The van der Waals surface area contributed by atoms with E-state index in [1.54, 1.807) is 24.9 Å². The van der Waals surface area contributed by atoms with Crippen molar-refractivity contribution in [2.75, 3.05) is 43.6 Å². The van der Waals surface area contributed by atoms with E-state index >= 15 is 0 Å². The first-order chi connectivity index (χ1) is 10.6. The minimum absolute atomic E-state index is 0.00792. The lowest BCUT2D eigenvalue weighted by Crippen LogP contribution is -2.23. The monoisotopic (exact) mass is 342 g/mol. The number of carbonyl (C=O) groups excluding carboxylic acids is 1. The minimum atomic E-state index is -0.00792. The number of nitrogens with one attached hydrogen (secondary N) is 1. The number of carbonyl (C=O) groups is 1. The van der Waals surface area contributed by atoms with Gasteiger partial charge in [0.25, 0.3) is 0 Å². The van der Waals surface area contributed by atoms with Crippen molar-refractivity contribution in [2.24, 2.45) is 0 Å². The summed E-state index contributed by atoms with van der Waals surface area (Å²) in [4.78, 5) is 14.5. The number of nitrogens with zero attached hydrogens (tertiary/aromatic N) is 1. The number of amides is 1. The summed E-state index contributed by atoms with van der Waals surface area (Å²) in [6.07, 6.45) is 2.61. The third-order valence-electron chi connectivity index (χ3n) is 3.74. The Labute approximate surface area is 141 Å². The number of halogens is 1. The molecule has 1 saturated heterocycles. The molecule has 122 valence electrons. The topological polar surface area (TPSA) is 41.6 Å². The van der Waals surface area contributed by atoms with Gasteiger partial charge >= 0.3 is 0 Å². The van der Waals surface area contributed by atoms with Gasteiger partial charge in [0.15, 0.2) is 0 Å². The van der Waals surface area contributed by atoms with Crippen LogP contribution in [-0.2, 0) is 4.79 Å². The summed E-state index contributed by atoms with van der Waals surface area (Å²) in [6, 6.07) is 3.57. The average Bonchev–Trinajstić information content (AvgIpc) is 3.00. The van der Waals surface area contributed by atoms with E-state index in [1.807, 2.05) is 13.0 Å². The molecule has 0 atom stereocenters. The van der Waals surface area contributed by atoms with Crippen molar-refractivity contribution in [1.29, 1.82) is 0 Å². The number of thioether (sulfide) groups is 1. The maximum absolute atomic E-state index is 12.0. The van der Waals surface area contributed by atoms with E-state index in [9.17, 15) is 4.79 Å². The first-order valence-corrected chi connectivity index (χ1v) is 9.07. The maximum atomic E-state index is 12.0. The van der Waals surface area contributed by atoms with Crippen LogP contribution in [0.25, 0.3) is 0 Å². The van der Waals surface area contributed by atoms with Crippen LogP contribution < -0.4 is 10.1 Å². The van der Waals surface area contributed by atoms with Crippen LogP contribution in [0.3, 0.4) is 0 Å². The molecule has 0 radical (unpaired) electrons. The van der Waals surface area contributed by atoms with Crippen LogP contribution >= 0.6 is 23.4 Å². The molecule has 0 saturated carbocycles. The predicted octanol–water partition coefficient (Wildman–Crippen LogP) is 3.42. The van der Waals surface area contributed by atoms with Crippen molar-refractivity contribution >= 4 is 35.0 Å². The largest absolute Gasteiger partial charge is 0.495 e. The number of rotatable bonds is 7. The van der Waals surface area contributed by atoms with Crippen molar-refractivity contribution < 1.29 is 9.53 Å². The van der Waals surface area contributed by atoms with Gasteiger partial charge in [-0.2, -0.15) is 11.8 Å². The Bertz CT molecular complexity index is 519. The molecule has 0 spiro atoms. The third kappa shape index (κ3) is 5.07. The van der Waals surface area contributed by atoms with E-state index in [2.05, 4.69) is 10.2 Å². The fourth-order valence-corrected chi connectivity index (χ4v) is 3.42. The molecule has 0 bridgehead atoms. The molecule has 1 heterocycles. The van der Waals surface area contributed by atoms with Crippen LogP contribution in [0.4, 0.5) is 5.69 Å². The summed E-state index contributed by atoms with van der Waals surface area (Å²) in [6.45, 7) is 5.38. The zero-order valence-corrected chi connectivity index (χ0v) is 14.7. The molecule has 1 aliphatic heterocycles. The maximum Gasteiger partial charge on any atom is 0.234 e. The summed E-state index contributed by atoms with van der Waals surface area (Å²) < 4.78 is 5.26. The van der Waals surface area contributed by atoms with Gasteiger partial charge in [-0.1, -0.05) is 11.6 Å². The Morgan fingerprint density at radius 2 is 2.14 bits per heavy atom. The quantitative estimate of drug-likeness (QED) is 0.771. The highest BCUT2D eigenvalue weighted by atomic mass is 35.5. The van der Waals surface area contributed by atoms with Crippen LogP contribution in [-0.4, -0.2) is 49.1 Å². The third-order valence-corrected chi connectivity index (χ3v) is 5.08. The molecule has 1 aliphatic rings. The summed E-state index contributed by atoms with van der Waals surface area (Å²) in [5.74, 6) is 2.03. The van der Waals surface area contributed by atoms with Gasteiger partial charge in [-0.3, -0.25) is 4.79 Å². The van der Waals surface area contributed by atoms with E-state index in [0.717, 1.165) is 17.9 Å². The molecule has 0 aromatic heterocycles. The van der Waals surface area contributed by atoms with Gasteiger partial charge in [0.05, 0.1) is 18.6 Å². The second kappa shape index (κ2) is 8.65. The van der Waals surface area contributed by atoms with Crippen molar-refractivity contribution in [1.82, 2.24) is 4.90 Å². The summed E-state index contributed by atoms with van der Waals surface area (Å²) in [5.41, 5.74) is 1.59. The van der Waals surface area contributed by atoms with E-state index in [0.29, 0.717) is 22.2 Å². The van der Waals surface area contributed by atoms with Crippen molar-refractivity contribution in [3.05, 3.63) is 22.7 Å². The first-order valence-electron chi connectivity index (χ1n) is 7.54. The molecule has 0 aliphatic carbocycles. The highest BCUT2D eigenvalue weighted by Gasteiger charge is 2.12. The van der Waals surface area contributed by atoms with E-state index in [1.165, 1.54) is 25.9 Å². The van der Waals surface area contributed by atoms with Gasteiger partial charge in [0, 0.05) is 23.4 Å². The molecule has 1 aromatic carbocycles. The number of hydrogen-bond donors (Lipinski definition) is 1. The van der Waals surface area contributed by atoms with Crippen LogP contribution in [0.15, 0.2) is 12.1 Å². The molecular formula is C16H23ClN2O2S. The SMILES string of the molecule is COc1cc(Cl)c(C)cc1NC(=O)CSCCN1CCCC1. The smallest absolute Gasteiger partial charge is 0.234 e. The lowest BCUT2D eigenvalue weighted by Gasteiger charge is -2.14. The number of aryl methyl sites for hydroxylation is 1. The highest BCUT2D eigenvalue weighted by Crippen LogP contribution is 2.31. The second-order valence-corrected chi connectivity index (χ2v) is 6.96. The summed E-state index contributed by atoms with van der Waals surface area (Å²) in [7, 11) is 1.57. The Morgan fingerprint density at radius 1 is 1.41 bits per heavy atom. The lowest BCUT2D eigenvalue weighted by molar-refractivity contribution is -0.113. The molecule has 22 heavy (non-hydrogen) atoms. The molecular weight excluding hydrogens is 320 g/mol. The number of methoxy groups -OCH3 is 1. The van der Waals surface area contributed by atoms with Gasteiger partial charge < -0.3 is 15.0 Å². The molecule has 2 rings (SSSR count). The molecule has 4 nitrogen and oxygen atoms in total. The van der Waals surface area contributed by atoms with Gasteiger partial charge in [0.2, 0.25) is 5.91 Å². The predicted molar refractivity (Wildman–Crippen MR) is 94.4 cm³/mol. The zero-order chi connectivity index (χ0) is 15.9. The standard InChI is InChI=1S/C16H23ClN2O2S/c1-12-9-14(15(21-2)10-13(12)17)18-16(20)11-22-8-7-19-5-3-4-6-19/h9-10H,3-8,11H2,1-2H3,(H,18,20). The summed E-state index contributed by atoms with van der Waals surface area (Å²) >= 11 is 7.73. The Hall–Kier alpha value is -0.910. The minimum Gasteiger partial charge on any atom is -0.495 e. The lowest BCUT2D eigenvalue weighted by atomic mass is 10.2. The molecule has 1 N–H and O–H groups in total. The fraction of sp³-hybridized carbons (Fsp3) is 0.562. The number of ether oxygens (including phenoxy) is 1. The molecule has 1 amide bonds. The van der Waals surface area contributed by atoms with E-state index < -0.39 is 0 Å². The number of benzene rings is 1. The van der Waals surface area contributed by atoms with Crippen molar-refractivity contribution in [3.8, 4) is 5.75 Å². The number of hydrogen-bond acceptors (Lipinski definition) is 4. The molecule has 0 unspecified atom stereocenters. The van der Waals surface area contributed by atoms with Gasteiger partial charge in [-0.05, 0) is 44.5 Å². The van der Waals surface area contributed by atoms with Crippen molar-refractivity contribution in [3.63, 3.8) is 0 Å². The zero-order valence-electron chi connectivity index (χ0n) is 13.2. The van der Waals surface area contributed by atoms with E-state index in [4.69, 9.17) is 16.3 Å². The Balaban J connectivity index is 1.77. The number of likely N-dealkylation sites (tertiary alicyclic amines) is 1. The normalized spacial score (nSPS) is 15.0. The van der Waals surface area contributed by atoms with Crippen LogP contribution in [0.2, 0.25) is 5.02 Å². The van der Waals surface area contributed by atoms with Crippen LogP contribution in [0, 0.1) is 6.92 Å². The van der Waals surface area contributed by atoms with Crippen LogP contribution in [0.1, 0.15) is 18.4 Å². The van der Waals surface area contributed by atoms with Gasteiger partial charge in [-0.25, -0.2) is 0 Å². The van der Waals surface area contributed by atoms with Crippen molar-refractivity contribution in [2.45, 2.75) is 19.8 Å². The van der Waals surface area contributed by atoms with Crippen LogP contribution in [0.5, 0.6) is 5.75 Å². The van der Waals surface area contributed by atoms with Gasteiger partial charge in [-0.15, -0.1) is 0 Å². The number of anilines is 1. The highest BCUT2D eigenvalue weighted by molar-refractivity contribution is 7.99. The Kier molecular flexibility index (Phi) is 6.86. The second-order valence-electron chi connectivity index (χ2n) is 5.45. The van der Waals surface area contributed by atoms with Gasteiger partial charge in [0.1, 0.15) is 5.75 Å². The molecule has 1 aromatic rings. The molecule has 6 heteroatoms. The van der Waals surface area contributed by atoms with E-state index in [-0.39, 0.29) is 5.91 Å². The first kappa shape index (κ1) is 17.4. The Morgan fingerprint density at radius 3 is 2.82 bits per heavy atom. The fourth-order valence-electron chi connectivity index (χ4n) is 2.48.